The van der Waals surface area contributed by atoms with E-state index in [1.54, 1.807) is 0 Å². The lowest BCUT2D eigenvalue weighted by molar-refractivity contribution is 0.249. The molecule has 0 aliphatic carbocycles. The van der Waals surface area contributed by atoms with Crippen molar-refractivity contribution in [2.75, 3.05) is 0 Å². The highest BCUT2D eigenvalue weighted by molar-refractivity contribution is 5.99. The monoisotopic (exact) mass is 213 g/mol. The second-order valence-electron chi connectivity index (χ2n) is 2.83. The molecule has 0 atom stereocenters. The van der Waals surface area contributed by atoms with Gasteiger partial charge in [-0.15, -0.1) is 0 Å². The Bertz CT molecular complexity index is 398. The van der Waals surface area contributed by atoms with Gasteiger partial charge in [-0.1, -0.05) is 0 Å². The Balaban J connectivity index is 2.95. The minimum Gasteiger partial charge on any atom is -0.350 e. The third kappa shape index (κ3) is 3.34. The summed E-state index contributed by atoms with van der Waals surface area (Å²) in [5, 5.41) is 3.53. The van der Waals surface area contributed by atoms with Crippen LogP contribution in [-0.2, 0) is 0 Å². The van der Waals surface area contributed by atoms with Gasteiger partial charge in [0.25, 0.3) is 0 Å². The Kier molecular flexibility index (Phi) is 3.33. The Labute approximate surface area is 84.8 Å². The lowest BCUT2D eigenvalue weighted by atomic mass is 10.1. The van der Waals surface area contributed by atoms with E-state index in [0.717, 1.165) is 18.2 Å². The Hall–Kier alpha value is -1.98. The molecule has 0 heterocycles. The average Bonchev–Trinajstić information content (AvgIpc) is 2.12. The van der Waals surface area contributed by atoms with Gasteiger partial charge in [-0.05, 0) is 19.1 Å². The molecule has 1 rings (SSSR count). The summed E-state index contributed by atoms with van der Waals surface area (Å²) in [5.74, 6) is -1.42. The largest absolute Gasteiger partial charge is 0.350 e. The summed E-state index contributed by atoms with van der Waals surface area (Å²) in [6.45, 7) is 1.49. The molecule has 0 fully saturated rings. The van der Waals surface area contributed by atoms with Gasteiger partial charge in [-0.25, -0.2) is 19.0 Å². The number of urea groups is 1. The molecule has 1 aromatic rings. The van der Waals surface area contributed by atoms with Gasteiger partial charge in [0, 0.05) is 11.6 Å². The van der Waals surface area contributed by atoms with Gasteiger partial charge in [0.05, 0.1) is 5.71 Å². The maximum atomic E-state index is 12.8. The summed E-state index contributed by atoms with van der Waals surface area (Å²) in [6.07, 6.45) is 0. The van der Waals surface area contributed by atoms with Gasteiger partial charge >= 0.3 is 6.03 Å². The summed E-state index contributed by atoms with van der Waals surface area (Å²) in [7, 11) is 0. The van der Waals surface area contributed by atoms with Crippen LogP contribution >= 0.6 is 0 Å². The fraction of sp³-hybridized carbons (Fsp3) is 0.111. The summed E-state index contributed by atoms with van der Waals surface area (Å²) in [4.78, 5) is 10.3. The molecule has 3 N–H and O–H groups in total. The fourth-order valence-electron chi connectivity index (χ4n) is 0.966. The average molecular weight is 213 g/mol. The highest BCUT2D eigenvalue weighted by atomic mass is 19.1. The van der Waals surface area contributed by atoms with Crippen molar-refractivity contribution >= 4 is 11.7 Å². The number of carbonyl (C=O) groups excluding carboxylic acids is 1. The van der Waals surface area contributed by atoms with Crippen molar-refractivity contribution in [2.45, 2.75) is 6.92 Å². The molecule has 2 amide bonds. The molecule has 0 aliphatic heterocycles. The molecule has 1 aromatic carbocycles. The Morgan fingerprint density at radius 3 is 2.33 bits per heavy atom. The molecule has 4 nitrogen and oxygen atoms in total. The van der Waals surface area contributed by atoms with Crippen molar-refractivity contribution in [1.82, 2.24) is 5.43 Å². The number of carbonyl (C=O) groups is 1. The van der Waals surface area contributed by atoms with Crippen LogP contribution in [0.25, 0.3) is 0 Å². The molecule has 15 heavy (non-hydrogen) atoms. The minimum atomic E-state index is -0.841. The predicted molar refractivity (Wildman–Crippen MR) is 51.3 cm³/mol. The summed E-state index contributed by atoms with van der Waals surface area (Å²) in [6, 6.07) is 2.11. The van der Waals surface area contributed by atoms with Crippen molar-refractivity contribution < 1.29 is 13.6 Å². The SMILES string of the molecule is CC(=NNC(N)=O)c1cc(F)cc(F)c1. The number of nitrogens with two attached hydrogens (primary N) is 1. The van der Waals surface area contributed by atoms with Crippen LogP contribution in [0.5, 0.6) is 0 Å². The fourth-order valence-corrected chi connectivity index (χ4v) is 0.966. The van der Waals surface area contributed by atoms with E-state index in [1.807, 2.05) is 5.43 Å². The predicted octanol–water partition coefficient (Wildman–Crippen LogP) is 1.36. The van der Waals surface area contributed by atoms with Gasteiger partial charge < -0.3 is 5.73 Å². The highest BCUT2D eigenvalue weighted by Crippen LogP contribution is 2.08. The van der Waals surface area contributed by atoms with Crippen LogP contribution in [0.1, 0.15) is 12.5 Å². The summed E-state index contributed by atoms with van der Waals surface area (Å²) >= 11 is 0. The van der Waals surface area contributed by atoms with Crippen molar-refractivity contribution in [3.05, 3.63) is 35.4 Å². The van der Waals surface area contributed by atoms with Gasteiger partial charge in [-0.3, -0.25) is 0 Å². The number of rotatable bonds is 2. The van der Waals surface area contributed by atoms with Gasteiger partial charge in [-0.2, -0.15) is 5.10 Å². The number of amides is 2. The van der Waals surface area contributed by atoms with E-state index in [9.17, 15) is 13.6 Å². The molecule has 6 heteroatoms. The van der Waals surface area contributed by atoms with Crippen molar-refractivity contribution in [1.29, 1.82) is 0 Å². The lowest BCUT2D eigenvalue weighted by Gasteiger charge is -2.01. The number of hydrogen-bond acceptors (Lipinski definition) is 2. The molecule has 0 saturated carbocycles. The second kappa shape index (κ2) is 4.50. The zero-order chi connectivity index (χ0) is 11.4. The zero-order valence-corrected chi connectivity index (χ0v) is 7.92. The molecule has 0 aromatic heterocycles. The van der Waals surface area contributed by atoms with E-state index < -0.39 is 17.7 Å². The molecule has 0 saturated heterocycles. The first-order valence-electron chi connectivity index (χ1n) is 4.05. The standard InChI is InChI=1S/C9H9F2N3O/c1-5(13-14-9(12)15)6-2-7(10)4-8(11)3-6/h2-4H,1H3,(H3,12,14,15). The third-order valence-corrected chi connectivity index (χ3v) is 1.61. The quantitative estimate of drug-likeness (QED) is 0.565. The van der Waals surface area contributed by atoms with Crippen LogP contribution in [-0.4, -0.2) is 11.7 Å². The van der Waals surface area contributed by atoms with Crippen LogP contribution in [0.2, 0.25) is 0 Å². The molecule has 80 valence electrons. The first-order chi connectivity index (χ1) is 6.99. The molecular weight excluding hydrogens is 204 g/mol. The van der Waals surface area contributed by atoms with Crippen molar-refractivity contribution in [3.8, 4) is 0 Å². The first-order valence-corrected chi connectivity index (χ1v) is 4.05. The van der Waals surface area contributed by atoms with Crippen LogP contribution in [0.4, 0.5) is 13.6 Å². The number of nitrogens with zero attached hydrogens (tertiary/aromatic N) is 1. The number of benzene rings is 1. The van der Waals surface area contributed by atoms with E-state index in [-0.39, 0.29) is 11.3 Å². The lowest BCUT2D eigenvalue weighted by Crippen LogP contribution is -2.25. The molecule has 0 unspecified atom stereocenters. The smallest absolute Gasteiger partial charge is 0.332 e. The highest BCUT2D eigenvalue weighted by Gasteiger charge is 2.03. The van der Waals surface area contributed by atoms with E-state index in [2.05, 4.69) is 5.10 Å². The van der Waals surface area contributed by atoms with Gasteiger partial charge in [0.2, 0.25) is 0 Å². The van der Waals surface area contributed by atoms with E-state index in [4.69, 9.17) is 5.73 Å². The molecule has 0 aliphatic rings. The Morgan fingerprint density at radius 1 is 1.33 bits per heavy atom. The van der Waals surface area contributed by atoms with E-state index in [0.29, 0.717) is 0 Å². The van der Waals surface area contributed by atoms with E-state index in [1.165, 1.54) is 6.92 Å². The number of halogens is 2. The van der Waals surface area contributed by atoms with Crippen LogP contribution < -0.4 is 11.2 Å². The van der Waals surface area contributed by atoms with Crippen LogP contribution in [0.15, 0.2) is 23.3 Å². The molecule has 0 spiro atoms. The zero-order valence-electron chi connectivity index (χ0n) is 7.92. The molecule has 0 bridgehead atoms. The Morgan fingerprint density at radius 2 is 1.87 bits per heavy atom. The second-order valence-corrected chi connectivity index (χ2v) is 2.83. The van der Waals surface area contributed by atoms with E-state index >= 15 is 0 Å². The normalized spacial score (nSPS) is 11.3. The number of primary amides is 1. The summed E-state index contributed by atoms with van der Waals surface area (Å²) < 4.78 is 25.6. The minimum absolute atomic E-state index is 0.237. The third-order valence-electron chi connectivity index (χ3n) is 1.61. The van der Waals surface area contributed by atoms with Crippen LogP contribution in [0, 0.1) is 11.6 Å². The summed E-state index contributed by atoms with van der Waals surface area (Å²) in [5.41, 5.74) is 7.23. The van der Waals surface area contributed by atoms with Gasteiger partial charge in [0.15, 0.2) is 0 Å². The number of nitrogens with one attached hydrogen (secondary N) is 1. The van der Waals surface area contributed by atoms with Crippen molar-refractivity contribution in [3.63, 3.8) is 0 Å². The maximum Gasteiger partial charge on any atom is 0.332 e. The molecule has 0 radical (unpaired) electrons. The van der Waals surface area contributed by atoms with Crippen LogP contribution in [0.3, 0.4) is 0 Å². The topological polar surface area (TPSA) is 67.5 Å². The number of hydrazone groups is 1. The van der Waals surface area contributed by atoms with Gasteiger partial charge in [0.1, 0.15) is 11.6 Å². The number of hydrogen-bond donors (Lipinski definition) is 2. The van der Waals surface area contributed by atoms with Crippen molar-refractivity contribution in [2.24, 2.45) is 10.8 Å². The first kappa shape index (κ1) is 11.1. The maximum absolute atomic E-state index is 12.8. The molecular formula is C9H9F2N3O.